The smallest absolute Gasteiger partial charge is 0.124 e. The standard InChI is InChI=1S/C32H34N2O3/c1-23-19-28(22-34-16-7-6-13-31(34)24(2)36)32(37-18-17-35)20-27(23)15-14-26-11-8-12-29(30(26)21-33)25-9-4-3-5-10-25/h3-5,8-12,14-15,19-20,31,35-36H,2,6-7,13,16-18,22H2,1H3/b15-14+/t31-/m0/s1. The van der Waals surface area contributed by atoms with Gasteiger partial charge in [-0.2, -0.15) is 5.26 Å². The Labute approximate surface area is 219 Å². The molecular formula is C32H34N2O3. The molecule has 3 aromatic rings. The Hall–Kier alpha value is -3.85. The fraction of sp³-hybridized carbons (Fsp3) is 0.281. The number of hydrogen-bond acceptors (Lipinski definition) is 5. The quantitative estimate of drug-likeness (QED) is 0.262. The van der Waals surface area contributed by atoms with E-state index in [4.69, 9.17) is 4.74 Å². The first-order valence-electron chi connectivity index (χ1n) is 12.8. The lowest BCUT2D eigenvalue weighted by Crippen LogP contribution is -2.40. The van der Waals surface area contributed by atoms with Crippen LogP contribution in [0.3, 0.4) is 0 Å². The number of piperidine rings is 1. The van der Waals surface area contributed by atoms with Gasteiger partial charge in [0.2, 0.25) is 0 Å². The summed E-state index contributed by atoms with van der Waals surface area (Å²) in [5.74, 6) is 0.922. The lowest BCUT2D eigenvalue weighted by atomic mass is 9.95. The van der Waals surface area contributed by atoms with Gasteiger partial charge in [0.05, 0.1) is 18.2 Å². The molecule has 3 aromatic carbocycles. The summed E-state index contributed by atoms with van der Waals surface area (Å²) >= 11 is 0. The van der Waals surface area contributed by atoms with Crippen molar-refractivity contribution in [3.63, 3.8) is 0 Å². The van der Waals surface area contributed by atoms with Crippen molar-refractivity contribution in [2.45, 2.75) is 38.8 Å². The molecule has 0 spiro atoms. The summed E-state index contributed by atoms with van der Waals surface area (Å²) in [4.78, 5) is 2.25. The predicted octanol–water partition coefficient (Wildman–Crippen LogP) is 6.50. The number of rotatable bonds is 9. The summed E-state index contributed by atoms with van der Waals surface area (Å²) in [6, 6.07) is 22.3. The Morgan fingerprint density at radius 3 is 2.62 bits per heavy atom. The van der Waals surface area contributed by atoms with Gasteiger partial charge in [-0.3, -0.25) is 4.90 Å². The molecule has 0 aliphatic carbocycles. The van der Waals surface area contributed by atoms with Crippen molar-refractivity contribution in [1.29, 1.82) is 5.26 Å². The van der Waals surface area contributed by atoms with Gasteiger partial charge < -0.3 is 14.9 Å². The second-order valence-corrected chi connectivity index (χ2v) is 9.44. The molecule has 1 fully saturated rings. The first-order valence-corrected chi connectivity index (χ1v) is 12.8. The largest absolute Gasteiger partial charge is 0.511 e. The predicted molar refractivity (Wildman–Crippen MR) is 149 cm³/mol. The number of hydrogen-bond donors (Lipinski definition) is 2. The van der Waals surface area contributed by atoms with Gasteiger partial charge in [0, 0.05) is 17.7 Å². The Morgan fingerprint density at radius 1 is 1.11 bits per heavy atom. The highest BCUT2D eigenvalue weighted by Gasteiger charge is 2.26. The zero-order valence-corrected chi connectivity index (χ0v) is 21.4. The van der Waals surface area contributed by atoms with Crippen LogP contribution in [0.25, 0.3) is 23.3 Å². The SMILES string of the molecule is C=C(O)[C@@H]1CCCCN1Cc1cc(C)c(/C=C/c2cccc(-c3ccccc3)c2C#N)cc1OCCO. The number of nitriles is 1. The van der Waals surface area contributed by atoms with Crippen LogP contribution in [0, 0.1) is 18.3 Å². The molecule has 0 saturated carbocycles. The van der Waals surface area contributed by atoms with Gasteiger partial charge in [0.15, 0.2) is 0 Å². The lowest BCUT2D eigenvalue weighted by molar-refractivity contribution is 0.126. The summed E-state index contributed by atoms with van der Waals surface area (Å²) in [7, 11) is 0. The monoisotopic (exact) mass is 494 g/mol. The molecule has 1 aliphatic heterocycles. The zero-order chi connectivity index (χ0) is 26.2. The van der Waals surface area contributed by atoms with Crippen LogP contribution in [0.15, 0.2) is 73.0 Å². The van der Waals surface area contributed by atoms with Crippen LogP contribution in [0.1, 0.15) is 47.1 Å². The van der Waals surface area contributed by atoms with E-state index in [0.717, 1.165) is 59.2 Å². The second-order valence-electron chi connectivity index (χ2n) is 9.44. The number of ether oxygens (including phenoxy) is 1. The molecule has 190 valence electrons. The Bertz CT molecular complexity index is 1310. The number of benzene rings is 3. The summed E-state index contributed by atoms with van der Waals surface area (Å²) in [6.45, 7) is 7.49. The molecule has 0 amide bonds. The fourth-order valence-corrected chi connectivity index (χ4v) is 5.00. The van der Waals surface area contributed by atoms with Crippen molar-refractivity contribution in [1.82, 2.24) is 4.90 Å². The van der Waals surface area contributed by atoms with Crippen LogP contribution >= 0.6 is 0 Å². The van der Waals surface area contributed by atoms with Gasteiger partial charge >= 0.3 is 0 Å². The molecule has 2 N–H and O–H groups in total. The fourth-order valence-electron chi connectivity index (χ4n) is 5.00. The van der Waals surface area contributed by atoms with Crippen molar-refractivity contribution in [2.24, 2.45) is 0 Å². The third-order valence-corrected chi connectivity index (χ3v) is 6.91. The minimum Gasteiger partial charge on any atom is -0.511 e. The summed E-state index contributed by atoms with van der Waals surface area (Å²) in [5, 5.41) is 29.4. The van der Waals surface area contributed by atoms with Crippen LogP contribution in [0.2, 0.25) is 0 Å². The molecule has 0 aromatic heterocycles. The van der Waals surface area contributed by atoms with E-state index >= 15 is 0 Å². The van der Waals surface area contributed by atoms with Crippen LogP contribution in [0.4, 0.5) is 0 Å². The minimum absolute atomic E-state index is 0.0550. The maximum Gasteiger partial charge on any atom is 0.124 e. The molecular weight excluding hydrogens is 460 g/mol. The molecule has 5 nitrogen and oxygen atoms in total. The van der Waals surface area contributed by atoms with Crippen molar-refractivity contribution >= 4 is 12.2 Å². The number of aliphatic hydroxyl groups excluding tert-OH is 2. The van der Waals surface area contributed by atoms with Crippen molar-refractivity contribution in [2.75, 3.05) is 19.8 Å². The van der Waals surface area contributed by atoms with Gasteiger partial charge in [0.25, 0.3) is 0 Å². The van der Waals surface area contributed by atoms with Gasteiger partial charge in [-0.05, 0) is 54.6 Å². The third-order valence-electron chi connectivity index (χ3n) is 6.91. The maximum absolute atomic E-state index is 10.1. The maximum atomic E-state index is 10.1. The second kappa shape index (κ2) is 12.4. The van der Waals surface area contributed by atoms with E-state index in [0.29, 0.717) is 17.9 Å². The average molecular weight is 495 g/mol. The van der Waals surface area contributed by atoms with Gasteiger partial charge in [0.1, 0.15) is 24.2 Å². The molecule has 4 rings (SSSR count). The Morgan fingerprint density at radius 2 is 1.89 bits per heavy atom. The number of nitrogens with zero attached hydrogens (tertiary/aromatic N) is 2. The highest BCUT2D eigenvalue weighted by molar-refractivity contribution is 5.81. The molecule has 1 atom stereocenters. The van der Waals surface area contributed by atoms with Crippen molar-refractivity contribution < 1.29 is 14.9 Å². The van der Waals surface area contributed by atoms with Gasteiger partial charge in [-0.15, -0.1) is 0 Å². The minimum atomic E-state index is -0.0733. The van der Waals surface area contributed by atoms with Gasteiger partial charge in [-0.25, -0.2) is 0 Å². The average Bonchev–Trinajstić information content (AvgIpc) is 2.92. The first kappa shape index (κ1) is 26.2. The molecule has 1 saturated heterocycles. The Balaban J connectivity index is 1.66. The summed E-state index contributed by atoms with van der Waals surface area (Å²) in [6.07, 6.45) is 7.03. The third kappa shape index (κ3) is 6.29. The zero-order valence-electron chi connectivity index (χ0n) is 21.4. The van der Waals surface area contributed by atoms with Crippen LogP contribution < -0.4 is 4.74 Å². The molecule has 1 aliphatic rings. The normalized spacial score (nSPS) is 16.0. The highest BCUT2D eigenvalue weighted by atomic mass is 16.5. The highest BCUT2D eigenvalue weighted by Crippen LogP contribution is 2.31. The molecule has 5 heteroatoms. The Kier molecular flexibility index (Phi) is 8.79. The number of aliphatic hydroxyl groups is 2. The van der Waals surface area contributed by atoms with Gasteiger partial charge in [-0.1, -0.05) is 79.7 Å². The summed E-state index contributed by atoms with van der Waals surface area (Å²) < 4.78 is 5.95. The van der Waals surface area contributed by atoms with E-state index in [2.05, 4.69) is 30.5 Å². The first-order chi connectivity index (χ1) is 18.0. The van der Waals surface area contributed by atoms with E-state index in [9.17, 15) is 15.5 Å². The number of aryl methyl sites for hydroxylation is 1. The molecule has 0 bridgehead atoms. The topological polar surface area (TPSA) is 76.7 Å². The van der Waals surface area contributed by atoms with E-state index in [1.165, 1.54) is 0 Å². The van der Waals surface area contributed by atoms with Crippen molar-refractivity contribution in [3.8, 4) is 22.9 Å². The molecule has 0 unspecified atom stereocenters. The lowest BCUT2D eigenvalue weighted by Gasteiger charge is -2.35. The van der Waals surface area contributed by atoms with Crippen LogP contribution in [-0.4, -0.2) is 40.9 Å². The van der Waals surface area contributed by atoms with E-state index < -0.39 is 0 Å². The van der Waals surface area contributed by atoms with E-state index in [1.807, 2.05) is 66.7 Å². The van der Waals surface area contributed by atoms with Crippen LogP contribution in [-0.2, 0) is 6.54 Å². The number of likely N-dealkylation sites (tertiary alicyclic amines) is 1. The molecule has 1 heterocycles. The van der Waals surface area contributed by atoms with E-state index in [-0.39, 0.29) is 25.0 Å². The van der Waals surface area contributed by atoms with Crippen LogP contribution in [0.5, 0.6) is 5.75 Å². The molecule has 0 radical (unpaired) electrons. The van der Waals surface area contributed by atoms with E-state index in [1.54, 1.807) is 0 Å². The van der Waals surface area contributed by atoms with Crippen molar-refractivity contribution in [3.05, 3.63) is 101 Å². The molecule has 37 heavy (non-hydrogen) atoms. The summed E-state index contributed by atoms with van der Waals surface area (Å²) in [5.41, 5.74) is 6.48.